The number of carbonyl (C=O) groups is 2. The van der Waals surface area contributed by atoms with Crippen LogP contribution in [0.4, 0.5) is 5.69 Å². The number of halogens is 1. The smallest absolute Gasteiger partial charge is 0.335 e. The molecule has 9 heteroatoms. The summed E-state index contributed by atoms with van der Waals surface area (Å²) in [4.78, 5) is 21.8. The molecule has 0 fully saturated rings. The van der Waals surface area contributed by atoms with Crippen LogP contribution in [0.1, 0.15) is 17.3 Å². The SMILES string of the molecule is CCOC(=O)CS(=O)(=O)Nc1ccc(C(=O)O)cc1Cl. The maximum atomic E-state index is 11.7. The molecular formula is C11H12ClNO6S. The van der Waals surface area contributed by atoms with Gasteiger partial charge in [-0.1, -0.05) is 11.6 Å². The molecule has 0 spiro atoms. The van der Waals surface area contributed by atoms with E-state index in [4.69, 9.17) is 16.7 Å². The van der Waals surface area contributed by atoms with Gasteiger partial charge in [-0.15, -0.1) is 0 Å². The highest BCUT2D eigenvalue weighted by Crippen LogP contribution is 2.24. The number of hydrogen-bond donors (Lipinski definition) is 2. The van der Waals surface area contributed by atoms with Crippen LogP contribution in [0, 0.1) is 0 Å². The molecule has 110 valence electrons. The Kier molecular flexibility index (Phi) is 5.34. The van der Waals surface area contributed by atoms with E-state index in [1.165, 1.54) is 12.1 Å². The summed E-state index contributed by atoms with van der Waals surface area (Å²) in [5, 5.41) is 8.67. The molecule has 0 atom stereocenters. The Morgan fingerprint density at radius 2 is 2.05 bits per heavy atom. The molecule has 0 aliphatic heterocycles. The van der Waals surface area contributed by atoms with Gasteiger partial charge in [-0.05, 0) is 25.1 Å². The van der Waals surface area contributed by atoms with E-state index in [0.29, 0.717) is 0 Å². The molecule has 0 aliphatic rings. The van der Waals surface area contributed by atoms with E-state index in [-0.39, 0.29) is 22.9 Å². The number of rotatable bonds is 6. The van der Waals surface area contributed by atoms with Crippen molar-refractivity contribution in [2.45, 2.75) is 6.92 Å². The van der Waals surface area contributed by atoms with Gasteiger partial charge < -0.3 is 9.84 Å². The van der Waals surface area contributed by atoms with Gasteiger partial charge in [0.1, 0.15) is 0 Å². The number of ether oxygens (including phenoxy) is 1. The summed E-state index contributed by atoms with van der Waals surface area (Å²) in [6, 6.07) is 3.50. The van der Waals surface area contributed by atoms with E-state index in [1.807, 2.05) is 0 Å². The number of anilines is 1. The second-order valence-electron chi connectivity index (χ2n) is 3.67. The summed E-state index contributed by atoms with van der Waals surface area (Å²) < 4.78 is 30.0. The van der Waals surface area contributed by atoms with Crippen LogP contribution >= 0.6 is 11.6 Å². The Balaban J connectivity index is 2.87. The van der Waals surface area contributed by atoms with E-state index in [0.717, 1.165) is 6.07 Å². The Labute approximate surface area is 120 Å². The number of aromatic carboxylic acids is 1. The van der Waals surface area contributed by atoms with Crippen molar-refractivity contribution in [1.29, 1.82) is 0 Å². The number of sulfonamides is 1. The van der Waals surface area contributed by atoms with E-state index in [2.05, 4.69) is 9.46 Å². The van der Waals surface area contributed by atoms with E-state index in [1.54, 1.807) is 6.92 Å². The lowest BCUT2D eigenvalue weighted by atomic mass is 10.2. The highest BCUT2D eigenvalue weighted by Gasteiger charge is 2.19. The van der Waals surface area contributed by atoms with Crippen molar-refractivity contribution in [1.82, 2.24) is 0 Å². The van der Waals surface area contributed by atoms with Gasteiger partial charge in [-0.3, -0.25) is 9.52 Å². The van der Waals surface area contributed by atoms with Crippen LogP contribution < -0.4 is 4.72 Å². The van der Waals surface area contributed by atoms with Crippen molar-refractivity contribution in [3.63, 3.8) is 0 Å². The molecule has 0 amide bonds. The molecule has 0 unspecified atom stereocenters. The van der Waals surface area contributed by atoms with Crippen LogP contribution in [0.2, 0.25) is 5.02 Å². The first-order valence-electron chi connectivity index (χ1n) is 5.44. The summed E-state index contributed by atoms with van der Waals surface area (Å²) in [6.07, 6.45) is 0. The number of benzene rings is 1. The molecule has 0 aromatic heterocycles. The Bertz CT molecular complexity index is 628. The van der Waals surface area contributed by atoms with Gasteiger partial charge in [-0.2, -0.15) is 0 Å². The fourth-order valence-electron chi connectivity index (χ4n) is 1.29. The van der Waals surface area contributed by atoms with Crippen molar-refractivity contribution in [3.05, 3.63) is 28.8 Å². The first kappa shape index (κ1) is 16.3. The van der Waals surface area contributed by atoms with E-state index in [9.17, 15) is 18.0 Å². The van der Waals surface area contributed by atoms with Crippen molar-refractivity contribution < 1.29 is 27.9 Å². The molecule has 0 radical (unpaired) electrons. The third kappa shape index (κ3) is 4.71. The molecule has 0 saturated heterocycles. The van der Waals surface area contributed by atoms with Crippen molar-refractivity contribution in [2.75, 3.05) is 17.1 Å². The van der Waals surface area contributed by atoms with Gasteiger partial charge in [0.2, 0.25) is 10.0 Å². The number of carboxylic acids is 1. The third-order valence-corrected chi connectivity index (χ3v) is 3.55. The lowest BCUT2D eigenvalue weighted by molar-refractivity contribution is -0.139. The molecule has 2 N–H and O–H groups in total. The largest absolute Gasteiger partial charge is 0.478 e. The van der Waals surface area contributed by atoms with Gasteiger partial charge in [0.25, 0.3) is 0 Å². The van der Waals surface area contributed by atoms with Crippen LogP contribution in [-0.2, 0) is 19.6 Å². The van der Waals surface area contributed by atoms with Crippen molar-refractivity contribution in [2.24, 2.45) is 0 Å². The summed E-state index contributed by atoms with van der Waals surface area (Å²) >= 11 is 5.77. The fourth-order valence-corrected chi connectivity index (χ4v) is 2.56. The van der Waals surface area contributed by atoms with Crippen molar-refractivity contribution >= 4 is 39.3 Å². The van der Waals surface area contributed by atoms with E-state index >= 15 is 0 Å². The van der Waals surface area contributed by atoms with Crippen LogP contribution in [-0.4, -0.2) is 37.8 Å². The molecule has 1 aromatic carbocycles. The molecule has 1 rings (SSSR count). The van der Waals surface area contributed by atoms with Crippen LogP contribution in [0.3, 0.4) is 0 Å². The number of esters is 1. The second kappa shape index (κ2) is 6.58. The zero-order chi connectivity index (χ0) is 15.3. The Hall–Kier alpha value is -1.80. The maximum absolute atomic E-state index is 11.7. The lowest BCUT2D eigenvalue weighted by Gasteiger charge is -2.09. The number of carboxylic acid groups (broad SMARTS) is 1. The van der Waals surface area contributed by atoms with Gasteiger partial charge in [0.05, 0.1) is 22.9 Å². The van der Waals surface area contributed by atoms with Crippen LogP contribution in [0.15, 0.2) is 18.2 Å². The summed E-state index contributed by atoms with van der Waals surface area (Å²) in [6.45, 7) is 1.63. The fraction of sp³-hybridized carbons (Fsp3) is 0.273. The molecule has 0 aliphatic carbocycles. The molecular weight excluding hydrogens is 310 g/mol. The molecule has 0 heterocycles. The standard InChI is InChI=1S/C11H12ClNO6S/c1-2-19-10(14)6-20(17,18)13-9-4-3-7(11(15)16)5-8(9)12/h3-5,13H,2,6H2,1H3,(H,15,16). The first-order valence-corrected chi connectivity index (χ1v) is 7.47. The summed E-state index contributed by atoms with van der Waals surface area (Å²) in [7, 11) is -3.97. The maximum Gasteiger partial charge on any atom is 0.335 e. The van der Waals surface area contributed by atoms with Crippen LogP contribution in [0.25, 0.3) is 0 Å². The average Bonchev–Trinajstić information content (AvgIpc) is 2.30. The molecule has 7 nitrogen and oxygen atoms in total. The monoisotopic (exact) mass is 321 g/mol. The Morgan fingerprint density at radius 1 is 1.40 bits per heavy atom. The third-order valence-electron chi connectivity index (χ3n) is 2.09. The normalized spacial score (nSPS) is 10.9. The Morgan fingerprint density at radius 3 is 2.55 bits per heavy atom. The van der Waals surface area contributed by atoms with Gasteiger partial charge in [0, 0.05) is 0 Å². The number of nitrogens with one attached hydrogen (secondary N) is 1. The minimum Gasteiger partial charge on any atom is -0.478 e. The van der Waals surface area contributed by atoms with Gasteiger partial charge >= 0.3 is 11.9 Å². The topological polar surface area (TPSA) is 110 Å². The molecule has 1 aromatic rings. The highest BCUT2D eigenvalue weighted by molar-refractivity contribution is 7.93. The summed E-state index contributed by atoms with van der Waals surface area (Å²) in [5.74, 6) is -2.93. The van der Waals surface area contributed by atoms with Gasteiger partial charge in [-0.25, -0.2) is 13.2 Å². The quantitative estimate of drug-likeness (QED) is 0.765. The first-order chi connectivity index (χ1) is 9.25. The predicted molar refractivity (Wildman–Crippen MR) is 72.5 cm³/mol. The van der Waals surface area contributed by atoms with Crippen molar-refractivity contribution in [3.8, 4) is 0 Å². The predicted octanol–water partition coefficient (Wildman–Crippen LogP) is 1.34. The number of carbonyl (C=O) groups excluding carboxylic acids is 1. The number of hydrogen-bond acceptors (Lipinski definition) is 5. The zero-order valence-corrected chi connectivity index (χ0v) is 12.0. The molecule has 0 saturated carbocycles. The molecule has 0 bridgehead atoms. The minimum atomic E-state index is -3.97. The van der Waals surface area contributed by atoms with Gasteiger partial charge in [0.15, 0.2) is 5.75 Å². The summed E-state index contributed by atoms with van der Waals surface area (Å²) in [5.41, 5.74) is -0.0932. The molecule has 20 heavy (non-hydrogen) atoms. The van der Waals surface area contributed by atoms with Crippen LogP contribution in [0.5, 0.6) is 0 Å². The second-order valence-corrected chi connectivity index (χ2v) is 5.80. The average molecular weight is 322 g/mol. The van der Waals surface area contributed by atoms with E-state index < -0.39 is 27.7 Å². The minimum absolute atomic E-state index is 0.0130. The lowest BCUT2D eigenvalue weighted by Crippen LogP contribution is -2.24. The zero-order valence-electron chi connectivity index (χ0n) is 10.4. The highest BCUT2D eigenvalue weighted by atomic mass is 35.5.